The molecule has 0 aliphatic rings. The average molecular weight is 400 g/mol. The SMILES string of the molecule is COc1cc(C)c(CN(C)C(=O)Cn2ncc(Cl)c(Cl)c2=O)cc1OC. The summed E-state index contributed by atoms with van der Waals surface area (Å²) in [5.74, 6) is 0.901. The van der Waals surface area contributed by atoms with Gasteiger partial charge in [-0.15, -0.1) is 0 Å². The van der Waals surface area contributed by atoms with Crippen molar-refractivity contribution in [1.29, 1.82) is 0 Å². The molecular weight excluding hydrogens is 381 g/mol. The van der Waals surface area contributed by atoms with Crippen LogP contribution in [0.3, 0.4) is 0 Å². The molecule has 1 heterocycles. The second-order valence-electron chi connectivity index (χ2n) is 5.65. The Morgan fingerprint density at radius 3 is 2.46 bits per heavy atom. The van der Waals surface area contributed by atoms with Crippen molar-refractivity contribution in [2.45, 2.75) is 20.0 Å². The molecule has 0 aliphatic heterocycles. The Hall–Kier alpha value is -2.25. The van der Waals surface area contributed by atoms with Crippen LogP contribution in [0.2, 0.25) is 10.0 Å². The average Bonchev–Trinajstić information content (AvgIpc) is 2.63. The standard InChI is InChI=1S/C17H19Cl2N3O4/c1-10-5-13(25-3)14(26-4)6-11(10)8-21(2)15(23)9-22-17(24)16(19)12(18)7-20-22/h5-7H,8-9H2,1-4H3. The van der Waals surface area contributed by atoms with Gasteiger partial charge in [0.25, 0.3) is 5.56 Å². The second-order valence-corrected chi connectivity index (χ2v) is 6.44. The molecule has 0 fully saturated rings. The van der Waals surface area contributed by atoms with Crippen LogP contribution >= 0.6 is 23.2 Å². The van der Waals surface area contributed by atoms with Crippen molar-refractivity contribution in [2.75, 3.05) is 21.3 Å². The molecule has 0 unspecified atom stereocenters. The molecule has 0 saturated carbocycles. The molecule has 9 heteroatoms. The highest BCUT2D eigenvalue weighted by atomic mass is 35.5. The largest absolute Gasteiger partial charge is 0.493 e. The number of nitrogens with zero attached hydrogens (tertiary/aromatic N) is 3. The molecule has 1 amide bonds. The van der Waals surface area contributed by atoms with Gasteiger partial charge in [-0.3, -0.25) is 9.59 Å². The molecular formula is C17H19Cl2N3O4. The maximum atomic E-state index is 12.4. The van der Waals surface area contributed by atoms with Gasteiger partial charge in [0.2, 0.25) is 5.91 Å². The van der Waals surface area contributed by atoms with Gasteiger partial charge >= 0.3 is 0 Å². The summed E-state index contributed by atoms with van der Waals surface area (Å²) >= 11 is 11.5. The Balaban J connectivity index is 2.17. The molecule has 1 aromatic heterocycles. The number of methoxy groups -OCH3 is 2. The Kier molecular flexibility index (Phi) is 6.50. The van der Waals surface area contributed by atoms with E-state index in [1.165, 1.54) is 11.1 Å². The van der Waals surface area contributed by atoms with Gasteiger partial charge in [0.1, 0.15) is 11.6 Å². The smallest absolute Gasteiger partial charge is 0.287 e. The minimum atomic E-state index is -0.608. The first kappa shape index (κ1) is 20.1. The van der Waals surface area contributed by atoms with Gasteiger partial charge in [-0.2, -0.15) is 5.10 Å². The van der Waals surface area contributed by atoms with Crippen molar-refractivity contribution >= 4 is 29.1 Å². The lowest BCUT2D eigenvalue weighted by Gasteiger charge is -2.20. The van der Waals surface area contributed by atoms with Gasteiger partial charge in [0.15, 0.2) is 11.5 Å². The number of ether oxygens (including phenoxy) is 2. The normalized spacial score (nSPS) is 10.5. The monoisotopic (exact) mass is 399 g/mol. The number of benzene rings is 1. The van der Waals surface area contributed by atoms with Crippen LogP contribution in [-0.2, 0) is 17.9 Å². The van der Waals surface area contributed by atoms with Crippen LogP contribution in [0.5, 0.6) is 11.5 Å². The van der Waals surface area contributed by atoms with Crippen LogP contribution in [0.1, 0.15) is 11.1 Å². The Morgan fingerprint density at radius 2 is 1.85 bits per heavy atom. The van der Waals surface area contributed by atoms with E-state index < -0.39 is 5.56 Å². The van der Waals surface area contributed by atoms with Gasteiger partial charge < -0.3 is 14.4 Å². The number of aromatic nitrogens is 2. The predicted octanol–water partition coefficient (Wildman–Crippen LogP) is 2.53. The van der Waals surface area contributed by atoms with E-state index in [-0.39, 0.29) is 22.5 Å². The highest BCUT2D eigenvalue weighted by Gasteiger charge is 2.16. The third-order valence-electron chi connectivity index (χ3n) is 3.90. The predicted molar refractivity (Wildman–Crippen MR) is 99.3 cm³/mol. The third kappa shape index (κ3) is 4.28. The van der Waals surface area contributed by atoms with Gasteiger partial charge in [0, 0.05) is 13.6 Å². The summed E-state index contributed by atoms with van der Waals surface area (Å²) in [6, 6.07) is 3.67. The number of hydrogen-bond acceptors (Lipinski definition) is 5. The zero-order valence-corrected chi connectivity index (χ0v) is 16.4. The number of carbonyl (C=O) groups excluding carboxylic acids is 1. The minimum absolute atomic E-state index is 0.0506. The molecule has 140 valence electrons. The number of carbonyl (C=O) groups is 1. The van der Waals surface area contributed by atoms with Crippen LogP contribution in [0.15, 0.2) is 23.1 Å². The molecule has 7 nitrogen and oxygen atoms in total. The lowest BCUT2D eigenvalue weighted by Crippen LogP contribution is -2.35. The van der Waals surface area contributed by atoms with Crippen molar-refractivity contribution < 1.29 is 14.3 Å². The molecule has 0 atom stereocenters. The quantitative estimate of drug-likeness (QED) is 0.745. The molecule has 0 N–H and O–H groups in total. The van der Waals surface area contributed by atoms with E-state index in [0.29, 0.717) is 18.0 Å². The zero-order valence-electron chi connectivity index (χ0n) is 14.9. The number of amides is 1. The van der Waals surface area contributed by atoms with Crippen LogP contribution in [0.25, 0.3) is 0 Å². The maximum Gasteiger partial charge on any atom is 0.287 e. The molecule has 1 aromatic carbocycles. The van der Waals surface area contributed by atoms with Crippen molar-refractivity contribution in [1.82, 2.24) is 14.7 Å². The van der Waals surface area contributed by atoms with Gasteiger partial charge in [-0.05, 0) is 30.2 Å². The Labute approximate surface area is 161 Å². The minimum Gasteiger partial charge on any atom is -0.493 e. The van der Waals surface area contributed by atoms with Crippen molar-refractivity contribution in [3.63, 3.8) is 0 Å². The lowest BCUT2D eigenvalue weighted by atomic mass is 10.1. The zero-order chi connectivity index (χ0) is 19.4. The molecule has 0 aliphatic carbocycles. The highest BCUT2D eigenvalue weighted by molar-refractivity contribution is 6.41. The van der Waals surface area contributed by atoms with E-state index in [9.17, 15) is 9.59 Å². The maximum absolute atomic E-state index is 12.4. The summed E-state index contributed by atoms with van der Waals surface area (Å²) in [4.78, 5) is 25.9. The van der Waals surface area contributed by atoms with E-state index in [1.54, 1.807) is 21.3 Å². The lowest BCUT2D eigenvalue weighted by molar-refractivity contribution is -0.131. The molecule has 0 bridgehead atoms. The van der Waals surface area contributed by atoms with Gasteiger partial charge in [-0.25, -0.2) is 4.68 Å². The molecule has 26 heavy (non-hydrogen) atoms. The fraction of sp³-hybridized carbons (Fsp3) is 0.353. The molecule has 0 saturated heterocycles. The first-order valence-electron chi connectivity index (χ1n) is 7.65. The van der Waals surface area contributed by atoms with Gasteiger partial charge in [0.05, 0.1) is 25.4 Å². The number of rotatable bonds is 6. The fourth-order valence-corrected chi connectivity index (χ4v) is 2.61. The van der Waals surface area contributed by atoms with Crippen molar-refractivity contribution in [3.05, 3.63) is 49.9 Å². The molecule has 2 aromatic rings. The summed E-state index contributed by atoms with van der Waals surface area (Å²) in [6.07, 6.45) is 1.23. The molecule has 2 rings (SSSR count). The number of likely N-dealkylation sites (N-methyl/N-ethyl adjacent to an activating group) is 1. The summed E-state index contributed by atoms with van der Waals surface area (Å²) < 4.78 is 11.5. The number of aryl methyl sites for hydroxylation is 1. The number of hydrogen-bond donors (Lipinski definition) is 0. The molecule has 0 spiro atoms. The van der Waals surface area contributed by atoms with E-state index in [2.05, 4.69) is 5.10 Å². The highest BCUT2D eigenvalue weighted by Crippen LogP contribution is 2.30. The fourth-order valence-electron chi connectivity index (χ4n) is 2.34. The summed E-state index contributed by atoms with van der Waals surface area (Å²) in [6.45, 7) is 2.01. The van der Waals surface area contributed by atoms with Crippen LogP contribution in [0, 0.1) is 6.92 Å². The summed E-state index contributed by atoms with van der Waals surface area (Å²) in [7, 11) is 4.75. The van der Waals surface area contributed by atoms with E-state index in [1.807, 2.05) is 19.1 Å². The van der Waals surface area contributed by atoms with Crippen molar-refractivity contribution in [3.8, 4) is 11.5 Å². The van der Waals surface area contributed by atoms with Crippen LogP contribution < -0.4 is 15.0 Å². The first-order valence-corrected chi connectivity index (χ1v) is 8.40. The summed E-state index contributed by atoms with van der Waals surface area (Å²) in [5, 5.41) is 3.73. The Morgan fingerprint density at radius 1 is 1.23 bits per heavy atom. The third-order valence-corrected chi connectivity index (χ3v) is 4.65. The van der Waals surface area contributed by atoms with E-state index in [4.69, 9.17) is 32.7 Å². The van der Waals surface area contributed by atoms with Crippen molar-refractivity contribution in [2.24, 2.45) is 0 Å². The van der Waals surface area contributed by atoms with Crippen LogP contribution in [-0.4, -0.2) is 41.9 Å². The van der Waals surface area contributed by atoms with Crippen LogP contribution in [0.4, 0.5) is 0 Å². The van der Waals surface area contributed by atoms with Gasteiger partial charge in [-0.1, -0.05) is 23.2 Å². The van der Waals surface area contributed by atoms with E-state index in [0.717, 1.165) is 15.8 Å². The second kappa shape index (κ2) is 8.42. The first-order chi connectivity index (χ1) is 12.3. The number of halogens is 2. The Bertz CT molecular complexity index is 883. The van der Waals surface area contributed by atoms with E-state index >= 15 is 0 Å². The summed E-state index contributed by atoms with van der Waals surface area (Å²) in [5.41, 5.74) is 1.24. The molecule has 0 radical (unpaired) electrons. The topological polar surface area (TPSA) is 73.7 Å².